The Morgan fingerprint density at radius 2 is 2.07 bits per heavy atom. The van der Waals surface area contributed by atoms with E-state index in [-0.39, 0.29) is 0 Å². The first kappa shape index (κ1) is 9.21. The number of anilines is 1. The van der Waals surface area contributed by atoms with Gasteiger partial charge in [-0.3, -0.25) is 0 Å². The van der Waals surface area contributed by atoms with E-state index >= 15 is 0 Å². The Balaban J connectivity index is 2.33. The molecular formula is C9H10N2O2S. The summed E-state index contributed by atoms with van der Waals surface area (Å²) in [5.41, 5.74) is 2.02. The van der Waals surface area contributed by atoms with Crippen molar-refractivity contribution in [3.05, 3.63) is 29.8 Å². The topological polar surface area (TPSA) is 58.5 Å². The van der Waals surface area contributed by atoms with E-state index in [0.29, 0.717) is 12.3 Å². The minimum Gasteiger partial charge on any atom is -0.343 e. The van der Waals surface area contributed by atoms with Crippen LogP contribution in [0.3, 0.4) is 0 Å². The predicted octanol–water partition coefficient (Wildman–Crippen LogP) is 1.01. The van der Waals surface area contributed by atoms with Crippen molar-refractivity contribution in [1.82, 2.24) is 0 Å². The zero-order valence-corrected chi connectivity index (χ0v) is 8.50. The van der Waals surface area contributed by atoms with Gasteiger partial charge in [-0.05, 0) is 11.6 Å². The number of benzene rings is 1. The Morgan fingerprint density at radius 3 is 2.71 bits per heavy atom. The smallest absolute Gasteiger partial charge is 0.251 e. The Labute approximate surface area is 82.7 Å². The van der Waals surface area contributed by atoms with E-state index in [1.54, 1.807) is 0 Å². The number of amidine groups is 1. The lowest BCUT2D eigenvalue weighted by atomic mass is 10.2. The van der Waals surface area contributed by atoms with Crippen LogP contribution in [0.4, 0.5) is 5.69 Å². The van der Waals surface area contributed by atoms with E-state index in [9.17, 15) is 8.42 Å². The minimum atomic E-state index is -3.30. The zero-order valence-electron chi connectivity index (χ0n) is 7.69. The fourth-order valence-electron chi connectivity index (χ4n) is 1.43. The summed E-state index contributed by atoms with van der Waals surface area (Å²) in [6.45, 7) is 0. The van der Waals surface area contributed by atoms with Crippen molar-refractivity contribution in [3.8, 4) is 0 Å². The molecule has 0 fully saturated rings. The van der Waals surface area contributed by atoms with E-state index in [1.807, 2.05) is 24.3 Å². The highest BCUT2D eigenvalue weighted by atomic mass is 32.2. The number of nitrogens with one attached hydrogen (secondary N) is 1. The normalized spacial score (nSPS) is 17.9. The van der Waals surface area contributed by atoms with Crippen LogP contribution in [0.1, 0.15) is 5.56 Å². The SMILES string of the molecule is CS(=O)(=O)N=C1Cc2ccccc2N1. The average molecular weight is 210 g/mol. The Kier molecular flexibility index (Phi) is 2.03. The van der Waals surface area contributed by atoms with Crippen LogP contribution in [0.25, 0.3) is 0 Å². The molecule has 2 rings (SSSR count). The molecular weight excluding hydrogens is 200 g/mol. The molecule has 1 aliphatic rings. The molecule has 4 nitrogen and oxygen atoms in total. The van der Waals surface area contributed by atoms with Gasteiger partial charge in [0.25, 0.3) is 10.0 Å². The third-order valence-corrected chi connectivity index (χ3v) is 2.48. The van der Waals surface area contributed by atoms with Crippen LogP contribution in [-0.2, 0) is 16.4 Å². The van der Waals surface area contributed by atoms with Crippen molar-refractivity contribution < 1.29 is 8.42 Å². The third kappa shape index (κ3) is 1.93. The molecule has 0 saturated heterocycles. The van der Waals surface area contributed by atoms with Gasteiger partial charge in [0.2, 0.25) is 0 Å². The number of fused-ring (bicyclic) bond motifs is 1. The van der Waals surface area contributed by atoms with Crippen molar-refractivity contribution in [2.24, 2.45) is 4.40 Å². The summed E-state index contributed by atoms with van der Waals surface area (Å²) >= 11 is 0. The maximum atomic E-state index is 10.9. The molecule has 0 spiro atoms. The van der Waals surface area contributed by atoms with Crippen molar-refractivity contribution >= 4 is 21.5 Å². The molecule has 1 aromatic carbocycles. The molecule has 0 unspecified atom stereocenters. The highest BCUT2D eigenvalue weighted by Crippen LogP contribution is 2.22. The van der Waals surface area contributed by atoms with Gasteiger partial charge in [-0.25, -0.2) is 8.42 Å². The molecule has 0 amide bonds. The highest BCUT2D eigenvalue weighted by Gasteiger charge is 2.16. The summed E-state index contributed by atoms with van der Waals surface area (Å²) in [6, 6.07) is 7.67. The lowest BCUT2D eigenvalue weighted by molar-refractivity contribution is 0.603. The van der Waals surface area contributed by atoms with Crippen LogP contribution in [-0.4, -0.2) is 20.5 Å². The first-order valence-electron chi connectivity index (χ1n) is 4.18. The second-order valence-corrected chi connectivity index (χ2v) is 4.88. The molecule has 0 aromatic heterocycles. The lowest BCUT2D eigenvalue weighted by Crippen LogP contribution is -2.09. The maximum Gasteiger partial charge on any atom is 0.251 e. The summed E-state index contributed by atoms with van der Waals surface area (Å²) in [5, 5.41) is 2.96. The van der Waals surface area contributed by atoms with E-state index in [1.165, 1.54) is 0 Å². The van der Waals surface area contributed by atoms with Gasteiger partial charge in [0.05, 0.1) is 6.26 Å². The Hall–Kier alpha value is -1.36. The molecule has 0 atom stereocenters. The first-order valence-corrected chi connectivity index (χ1v) is 6.03. The molecule has 5 heteroatoms. The molecule has 0 bridgehead atoms. The molecule has 1 heterocycles. The van der Waals surface area contributed by atoms with Gasteiger partial charge in [-0.1, -0.05) is 18.2 Å². The van der Waals surface area contributed by atoms with Crippen LogP contribution >= 0.6 is 0 Å². The molecule has 1 N–H and O–H groups in total. The molecule has 0 radical (unpaired) electrons. The van der Waals surface area contributed by atoms with E-state index in [2.05, 4.69) is 9.71 Å². The number of nitrogens with zero attached hydrogens (tertiary/aromatic N) is 1. The first-order chi connectivity index (χ1) is 6.54. The zero-order chi connectivity index (χ0) is 10.2. The molecule has 1 aromatic rings. The fourth-order valence-corrected chi connectivity index (χ4v) is 1.94. The molecule has 0 aliphatic carbocycles. The van der Waals surface area contributed by atoms with Gasteiger partial charge in [0.1, 0.15) is 5.84 Å². The Morgan fingerprint density at radius 1 is 1.36 bits per heavy atom. The lowest BCUT2D eigenvalue weighted by Gasteiger charge is -1.96. The monoisotopic (exact) mass is 210 g/mol. The fraction of sp³-hybridized carbons (Fsp3) is 0.222. The quantitative estimate of drug-likeness (QED) is 0.752. The van der Waals surface area contributed by atoms with Crippen molar-refractivity contribution in [2.45, 2.75) is 6.42 Å². The molecule has 0 saturated carbocycles. The van der Waals surface area contributed by atoms with Gasteiger partial charge in [0.15, 0.2) is 0 Å². The Bertz CT molecular complexity index is 464. The number of sulfonamides is 1. The van der Waals surface area contributed by atoms with Crippen molar-refractivity contribution in [2.75, 3.05) is 11.6 Å². The van der Waals surface area contributed by atoms with Crippen LogP contribution < -0.4 is 5.32 Å². The summed E-state index contributed by atoms with van der Waals surface area (Å²) in [5.74, 6) is 0.494. The van der Waals surface area contributed by atoms with Crippen LogP contribution in [0.15, 0.2) is 28.7 Å². The third-order valence-electron chi connectivity index (χ3n) is 1.93. The van der Waals surface area contributed by atoms with Gasteiger partial charge < -0.3 is 5.32 Å². The second-order valence-electron chi connectivity index (χ2n) is 3.23. The number of rotatable bonds is 1. The summed E-state index contributed by atoms with van der Waals surface area (Å²) < 4.78 is 25.4. The van der Waals surface area contributed by atoms with Gasteiger partial charge in [-0.2, -0.15) is 4.40 Å². The minimum absolute atomic E-state index is 0.494. The number of para-hydroxylation sites is 1. The van der Waals surface area contributed by atoms with Crippen molar-refractivity contribution in [1.29, 1.82) is 0 Å². The van der Waals surface area contributed by atoms with Gasteiger partial charge in [-0.15, -0.1) is 0 Å². The van der Waals surface area contributed by atoms with E-state index in [4.69, 9.17) is 0 Å². The molecule has 74 valence electrons. The van der Waals surface area contributed by atoms with E-state index < -0.39 is 10.0 Å². The highest BCUT2D eigenvalue weighted by molar-refractivity contribution is 7.89. The van der Waals surface area contributed by atoms with Gasteiger partial charge in [0, 0.05) is 12.1 Å². The largest absolute Gasteiger partial charge is 0.343 e. The van der Waals surface area contributed by atoms with Crippen LogP contribution in [0.5, 0.6) is 0 Å². The summed E-state index contributed by atoms with van der Waals surface area (Å²) in [4.78, 5) is 0. The number of hydrogen-bond acceptors (Lipinski definition) is 2. The van der Waals surface area contributed by atoms with Crippen LogP contribution in [0, 0.1) is 0 Å². The van der Waals surface area contributed by atoms with Crippen LogP contribution in [0.2, 0.25) is 0 Å². The van der Waals surface area contributed by atoms with Gasteiger partial charge >= 0.3 is 0 Å². The second kappa shape index (κ2) is 3.09. The maximum absolute atomic E-state index is 10.9. The van der Waals surface area contributed by atoms with Crippen molar-refractivity contribution in [3.63, 3.8) is 0 Å². The average Bonchev–Trinajstić information content (AvgIpc) is 2.42. The molecule has 1 aliphatic heterocycles. The predicted molar refractivity (Wildman–Crippen MR) is 56.0 cm³/mol. The molecule has 14 heavy (non-hydrogen) atoms. The standard InChI is InChI=1S/C9H10N2O2S/c1-14(12,13)11-9-6-7-4-2-3-5-8(7)10-9/h2-5H,6H2,1H3,(H,10,11). The van der Waals surface area contributed by atoms with E-state index in [0.717, 1.165) is 17.5 Å². The number of hydrogen-bond donors (Lipinski definition) is 1. The summed E-state index contributed by atoms with van der Waals surface area (Å²) in [7, 11) is -3.30. The summed E-state index contributed by atoms with van der Waals surface area (Å²) in [6.07, 6.45) is 1.65.